The van der Waals surface area contributed by atoms with Crippen LogP contribution >= 0.6 is 0 Å². The molecule has 0 amide bonds. The number of azide groups is 1. The van der Waals surface area contributed by atoms with Crippen LogP contribution in [0.1, 0.15) is 27.7 Å². The van der Waals surface area contributed by atoms with Crippen LogP contribution in [0.3, 0.4) is 0 Å². The molecule has 1 unspecified atom stereocenters. The molecule has 0 aliphatic carbocycles. The van der Waals surface area contributed by atoms with E-state index < -0.39 is 0 Å². The van der Waals surface area contributed by atoms with Gasteiger partial charge in [0.05, 0.1) is 6.04 Å². The number of hydrogen-bond acceptors (Lipinski definition) is 2. The average Bonchev–Trinajstić information content (AvgIpc) is 2.54. The molecule has 0 aromatic rings. The Morgan fingerprint density at radius 3 is 2.25 bits per heavy atom. The molecule has 0 aromatic carbocycles. The van der Waals surface area contributed by atoms with Crippen LogP contribution in [0.25, 0.3) is 10.4 Å². The quantitative estimate of drug-likeness (QED) is 0.291. The van der Waals surface area contributed by atoms with Gasteiger partial charge in [0.1, 0.15) is 0 Å². The molecule has 0 saturated carbocycles. The standard InChI is InChI=1S/C8H14N4/c1-5(2)6(11-12-9)7-8(3,4)10-7/h7,10H,1-4H3. The molecule has 66 valence electrons. The van der Waals surface area contributed by atoms with Gasteiger partial charge in [-0.1, -0.05) is 10.7 Å². The normalized spacial score (nSPS) is 24.2. The van der Waals surface area contributed by atoms with E-state index in [1.54, 1.807) is 0 Å². The Kier molecular flexibility index (Phi) is 2.13. The van der Waals surface area contributed by atoms with Gasteiger partial charge in [0.25, 0.3) is 0 Å². The lowest BCUT2D eigenvalue weighted by Gasteiger charge is -2.01. The largest absolute Gasteiger partial charge is 0.302 e. The zero-order valence-electron chi connectivity index (χ0n) is 7.92. The first kappa shape index (κ1) is 9.10. The van der Waals surface area contributed by atoms with Crippen molar-refractivity contribution in [3.8, 4) is 0 Å². The summed E-state index contributed by atoms with van der Waals surface area (Å²) in [6, 6.07) is 0.235. The maximum Gasteiger partial charge on any atom is 0.0529 e. The molecule has 0 spiro atoms. The van der Waals surface area contributed by atoms with Crippen molar-refractivity contribution >= 4 is 0 Å². The summed E-state index contributed by atoms with van der Waals surface area (Å²) in [5.74, 6) is 0. The molecule has 1 rings (SSSR count). The van der Waals surface area contributed by atoms with Gasteiger partial charge < -0.3 is 5.32 Å². The maximum absolute atomic E-state index is 8.33. The molecule has 1 N–H and O–H groups in total. The van der Waals surface area contributed by atoms with Gasteiger partial charge in [-0.3, -0.25) is 0 Å². The zero-order valence-corrected chi connectivity index (χ0v) is 7.92. The van der Waals surface area contributed by atoms with E-state index in [4.69, 9.17) is 5.53 Å². The molecule has 1 aliphatic heterocycles. The molecule has 4 nitrogen and oxygen atoms in total. The van der Waals surface area contributed by atoms with Crippen LogP contribution in [0.2, 0.25) is 0 Å². The highest BCUT2D eigenvalue weighted by Crippen LogP contribution is 2.33. The molecule has 1 atom stereocenters. The molecule has 1 heterocycles. The summed E-state index contributed by atoms with van der Waals surface area (Å²) in [6.07, 6.45) is 0. The molecule has 4 heteroatoms. The summed E-state index contributed by atoms with van der Waals surface area (Å²) in [5, 5.41) is 6.93. The molecule has 1 fully saturated rings. The molecule has 0 aromatic heterocycles. The first-order valence-corrected chi connectivity index (χ1v) is 3.99. The van der Waals surface area contributed by atoms with Crippen molar-refractivity contribution < 1.29 is 0 Å². The lowest BCUT2D eigenvalue weighted by atomic mass is 10.1. The maximum atomic E-state index is 8.33. The fourth-order valence-electron chi connectivity index (χ4n) is 1.24. The van der Waals surface area contributed by atoms with Gasteiger partial charge in [0, 0.05) is 16.1 Å². The molecule has 0 radical (unpaired) electrons. The second-order valence-electron chi connectivity index (χ2n) is 3.87. The Bertz CT molecular complexity index is 267. The van der Waals surface area contributed by atoms with Gasteiger partial charge in [0.15, 0.2) is 0 Å². The van der Waals surface area contributed by atoms with Crippen LogP contribution in [0.15, 0.2) is 16.4 Å². The number of nitrogens with zero attached hydrogens (tertiary/aromatic N) is 3. The van der Waals surface area contributed by atoms with Crippen molar-refractivity contribution in [2.75, 3.05) is 0 Å². The van der Waals surface area contributed by atoms with Gasteiger partial charge >= 0.3 is 0 Å². The first-order chi connectivity index (χ1) is 5.49. The number of allylic oxidation sites excluding steroid dienone is 1. The third-order valence-electron chi connectivity index (χ3n) is 2.09. The Labute approximate surface area is 72.3 Å². The van der Waals surface area contributed by atoms with E-state index in [1.807, 2.05) is 13.8 Å². The Morgan fingerprint density at radius 1 is 1.50 bits per heavy atom. The van der Waals surface area contributed by atoms with Crippen LogP contribution < -0.4 is 5.32 Å². The summed E-state index contributed by atoms with van der Waals surface area (Å²) in [6.45, 7) is 8.10. The van der Waals surface area contributed by atoms with Crippen LogP contribution in [-0.4, -0.2) is 11.6 Å². The lowest BCUT2D eigenvalue weighted by molar-refractivity contribution is 0.758. The second kappa shape index (κ2) is 2.81. The fraction of sp³-hybridized carbons (Fsp3) is 0.750. The van der Waals surface area contributed by atoms with Crippen LogP contribution in [0, 0.1) is 0 Å². The van der Waals surface area contributed by atoms with Crippen molar-refractivity contribution in [3.63, 3.8) is 0 Å². The van der Waals surface area contributed by atoms with Crippen LogP contribution in [0.5, 0.6) is 0 Å². The Morgan fingerprint density at radius 2 is 2.00 bits per heavy atom. The van der Waals surface area contributed by atoms with Gasteiger partial charge in [0.2, 0.25) is 0 Å². The van der Waals surface area contributed by atoms with Gasteiger partial charge in [-0.25, -0.2) is 0 Å². The lowest BCUT2D eigenvalue weighted by Crippen LogP contribution is -2.05. The molecule has 1 saturated heterocycles. The summed E-state index contributed by atoms with van der Waals surface area (Å²) in [4.78, 5) is 2.81. The zero-order chi connectivity index (χ0) is 9.35. The van der Waals surface area contributed by atoms with Crippen molar-refractivity contribution in [2.45, 2.75) is 39.3 Å². The van der Waals surface area contributed by atoms with Gasteiger partial charge in [-0.2, -0.15) is 0 Å². The number of rotatable bonds is 2. The van der Waals surface area contributed by atoms with Crippen LogP contribution in [-0.2, 0) is 0 Å². The van der Waals surface area contributed by atoms with Crippen molar-refractivity contribution in [1.29, 1.82) is 0 Å². The molecule has 12 heavy (non-hydrogen) atoms. The van der Waals surface area contributed by atoms with Gasteiger partial charge in [-0.15, -0.1) is 0 Å². The highest BCUT2D eigenvalue weighted by molar-refractivity contribution is 5.30. The summed E-state index contributed by atoms with van der Waals surface area (Å²) >= 11 is 0. The monoisotopic (exact) mass is 166 g/mol. The highest BCUT2D eigenvalue weighted by Gasteiger charge is 2.47. The molecular formula is C8H14N4. The smallest absolute Gasteiger partial charge is 0.0529 e. The third kappa shape index (κ3) is 1.60. The molecule has 0 bridgehead atoms. The minimum absolute atomic E-state index is 0.0980. The molecular weight excluding hydrogens is 152 g/mol. The van der Waals surface area contributed by atoms with E-state index in [1.165, 1.54) is 0 Å². The minimum atomic E-state index is 0.0980. The van der Waals surface area contributed by atoms with E-state index in [0.717, 1.165) is 11.3 Å². The minimum Gasteiger partial charge on any atom is -0.302 e. The Balaban J connectivity index is 2.85. The van der Waals surface area contributed by atoms with Crippen LogP contribution in [0.4, 0.5) is 0 Å². The summed E-state index contributed by atoms with van der Waals surface area (Å²) in [5.41, 5.74) is 10.3. The van der Waals surface area contributed by atoms with E-state index in [2.05, 4.69) is 29.2 Å². The predicted molar refractivity (Wildman–Crippen MR) is 48.5 cm³/mol. The second-order valence-corrected chi connectivity index (χ2v) is 3.87. The van der Waals surface area contributed by atoms with E-state index >= 15 is 0 Å². The number of hydrogen-bond donors (Lipinski definition) is 1. The predicted octanol–water partition coefficient (Wildman–Crippen LogP) is 2.34. The number of nitrogens with one attached hydrogen (secondary N) is 1. The van der Waals surface area contributed by atoms with Crippen molar-refractivity contribution in [3.05, 3.63) is 21.7 Å². The third-order valence-corrected chi connectivity index (χ3v) is 2.09. The summed E-state index contributed by atoms with van der Waals surface area (Å²) < 4.78 is 0. The SMILES string of the molecule is CC(C)=C(N=[N+]=[N-])C1NC1(C)C. The fourth-order valence-corrected chi connectivity index (χ4v) is 1.24. The van der Waals surface area contributed by atoms with Gasteiger partial charge in [-0.05, 0) is 33.2 Å². The Hall–Kier alpha value is -0.990. The van der Waals surface area contributed by atoms with E-state index in [9.17, 15) is 0 Å². The first-order valence-electron chi connectivity index (χ1n) is 3.99. The summed E-state index contributed by atoms with van der Waals surface area (Å²) in [7, 11) is 0. The van der Waals surface area contributed by atoms with E-state index in [-0.39, 0.29) is 11.6 Å². The van der Waals surface area contributed by atoms with Crippen molar-refractivity contribution in [1.82, 2.24) is 5.32 Å². The topological polar surface area (TPSA) is 70.7 Å². The molecule has 1 aliphatic rings. The van der Waals surface area contributed by atoms with Crippen molar-refractivity contribution in [2.24, 2.45) is 5.11 Å². The average molecular weight is 166 g/mol. The highest BCUT2D eigenvalue weighted by atomic mass is 15.3. The van der Waals surface area contributed by atoms with E-state index in [0.29, 0.717) is 0 Å².